The number of hydrogen-bond acceptors (Lipinski definition) is 1. The number of allylic oxidation sites excluding steroid dienone is 2. The minimum absolute atomic E-state index is 0.620. The van der Waals surface area contributed by atoms with E-state index < -0.39 is 0 Å². The van der Waals surface area contributed by atoms with Gasteiger partial charge in [0.25, 0.3) is 0 Å². The molecule has 1 rings (SSSR count). The molecule has 0 aromatic heterocycles. The summed E-state index contributed by atoms with van der Waals surface area (Å²) in [5.41, 5.74) is 0. The van der Waals surface area contributed by atoms with E-state index in [1.165, 1.54) is 31.4 Å². The van der Waals surface area contributed by atoms with Gasteiger partial charge >= 0.3 is 9.76 Å². The lowest BCUT2D eigenvalue weighted by molar-refractivity contribution is 0.407. The Hall–Kier alpha value is -0.243. The van der Waals surface area contributed by atoms with Crippen molar-refractivity contribution in [1.82, 2.24) is 0 Å². The average Bonchev–Trinajstić information content (AvgIpc) is 1.91. The van der Waals surface area contributed by atoms with E-state index in [-0.39, 0.29) is 0 Å². The van der Waals surface area contributed by atoms with Gasteiger partial charge in [-0.15, -0.1) is 0 Å². The fraction of sp³-hybridized carbons (Fsp3) is 0.714. The van der Waals surface area contributed by atoms with Gasteiger partial charge in [-0.3, -0.25) is 0 Å². The van der Waals surface area contributed by atoms with Crippen molar-refractivity contribution in [3.8, 4) is 0 Å². The maximum atomic E-state index is 5.37. The summed E-state index contributed by atoms with van der Waals surface area (Å²) in [5, 5.41) is 0. The van der Waals surface area contributed by atoms with Gasteiger partial charge in [0.15, 0.2) is 0 Å². The Balaban J connectivity index is 2.28. The van der Waals surface area contributed by atoms with E-state index in [2.05, 4.69) is 12.6 Å². The monoisotopic (exact) mass is 140 g/mol. The lowest BCUT2D eigenvalue weighted by atomic mass is 10.1. The van der Waals surface area contributed by atoms with Gasteiger partial charge in [0, 0.05) is 6.42 Å². The molecule has 2 radical (unpaired) electrons. The van der Waals surface area contributed by atoms with Crippen LogP contribution in [0.15, 0.2) is 11.8 Å². The van der Waals surface area contributed by atoms with Gasteiger partial charge in [-0.05, 0) is 31.9 Å². The largest absolute Gasteiger partial charge is 0.544 e. The van der Waals surface area contributed by atoms with Crippen LogP contribution < -0.4 is 0 Å². The van der Waals surface area contributed by atoms with Crippen LogP contribution in [0.1, 0.15) is 25.7 Å². The quantitative estimate of drug-likeness (QED) is 0.534. The summed E-state index contributed by atoms with van der Waals surface area (Å²) in [7, 11) is 0.620. The van der Waals surface area contributed by atoms with Gasteiger partial charge in [0.1, 0.15) is 0 Å². The topological polar surface area (TPSA) is 9.23 Å². The van der Waals surface area contributed by atoms with Gasteiger partial charge in [0.05, 0.1) is 5.76 Å². The van der Waals surface area contributed by atoms with Crippen molar-refractivity contribution < 1.29 is 4.43 Å². The zero-order chi connectivity index (χ0) is 6.53. The zero-order valence-electron chi connectivity index (χ0n) is 5.81. The summed E-state index contributed by atoms with van der Waals surface area (Å²) in [6.07, 6.45) is 7.27. The molecule has 0 heterocycles. The first-order valence-corrected chi connectivity index (χ1v) is 4.87. The predicted octanol–water partition coefficient (Wildman–Crippen LogP) is 2.13. The summed E-state index contributed by atoms with van der Waals surface area (Å²) in [6, 6.07) is 0. The summed E-state index contributed by atoms with van der Waals surface area (Å²) in [6.45, 7) is 2.06. The Morgan fingerprint density at radius 1 is 1.56 bits per heavy atom. The van der Waals surface area contributed by atoms with Crippen LogP contribution in [0.2, 0.25) is 6.55 Å². The molecule has 0 aromatic carbocycles. The second kappa shape index (κ2) is 3.72. The summed E-state index contributed by atoms with van der Waals surface area (Å²) < 4.78 is 5.37. The molecule has 0 aromatic rings. The van der Waals surface area contributed by atoms with Gasteiger partial charge in [-0.25, -0.2) is 0 Å². The molecule has 0 atom stereocenters. The summed E-state index contributed by atoms with van der Waals surface area (Å²) in [5.74, 6) is 1.22. The normalized spacial score (nSPS) is 19.0. The molecule has 50 valence electrons. The van der Waals surface area contributed by atoms with E-state index in [9.17, 15) is 0 Å². The Labute approximate surface area is 59.0 Å². The second-order valence-corrected chi connectivity index (χ2v) is 2.83. The molecular formula is C7H12OSi. The van der Waals surface area contributed by atoms with Crippen LogP contribution >= 0.6 is 0 Å². The highest BCUT2D eigenvalue weighted by Gasteiger charge is 2.01. The maximum absolute atomic E-state index is 5.37. The average molecular weight is 140 g/mol. The first-order chi connectivity index (χ1) is 4.43. The van der Waals surface area contributed by atoms with Gasteiger partial charge in [0.2, 0.25) is 0 Å². The highest BCUT2D eigenvalue weighted by molar-refractivity contribution is 6.25. The van der Waals surface area contributed by atoms with E-state index in [0.717, 1.165) is 0 Å². The number of rotatable bonds is 2. The molecular weight excluding hydrogens is 128 g/mol. The van der Waals surface area contributed by atoms with E-state index in [1.54, 1.807) is 0 Å². The SMILES string of the molecule is C[Si]OC1=CCCCC1. The fourth-order valence-corrected chi connectivity index (χ4v) is 1.48. The van der Waals surface area contributed by atoms with Gasteiger partial charge in [-0.2, -0.15) is 0 Å². The molecule has 0 spiro atoms. The van der Waals surface area contributed by atoms with Crippen molar-refractivity contribution in [3.63, 3.8) is 0 Å². The van der Waals surface area contributed by atoms with E-state index in [0.29, 0.717) is 9.76 Å². The molecule has 0 saturated heterocycles. The molecule has 0 fully saturated rings. The first kappa shape index (κ1) is 6.87. The smallest absolute Gasteiger partial charge is 0.306 e. The standard InChI is InChI=1S/C7H12OSi/c1-9-8-7-5-3-2-4-6-7/h5H,2-4,6H2,1H3. The third-order valence-electron chi connectivity index (χ3n) is 1.48. The third kappa shape index (κ3) is 2.22. The van der Waals surface area contributed by atoms with Crippen molar-refractivity contribution in [2.24, 2.45) is 0 Å². The molecule has 0 unspecified atom stereocenters. The van der Waals surface area contributed by atoms with Crippen molar-refractivity contribution in [2.75, 3.05) is 0 Å². The molecule has 2 heteroatoms. The highest BCUT2D eigenvalue weighted by atomic mass is 28.2. The molecule has 0 amide bonds. The van der Waals surface area contributed by atoms with E-state index >= 15 is 0 Å². The highest BCUT2D eigenvalue weighted by Crippen LogP contribution is 2.17. The third-order valence-corrected chi connectivity index (χ3v) is 1.95. The van der Waals surface area contributed by atoms with Crippen LogP contribution in [0, 0.1) is 0 Å². The maximum Gasteiger partial charge on any atom is 0.306 e. The van der Waals surface area contributed by atoms with Crippen molar-refractivity contribution >= 4 is 9.76 Å². The molecule has 0 bridgehead atoms. The van der Waals surface area contributed by atoms with E-state index in [1.807, 2.05) is 0 Å². The lowest BCUT2D eigenvalue weighted by Gasteiger charge is -2.11. The van der Waals surface area contributed by atoms with Crippen LogP contribution in [0.4, 0.5) is 0 Å². The predicted molar refractivity (Wildman–Crippen MR) is 39.3 cm³/mol. The molecule has 0 N–H and O–H groups in total. The molecule has 1 aliphatic rings. The molecule has 0 saturated carbocycles. The molecule has 1 nitrogen and oxygen atoms in total. The first-order valence-electron chi connectivity index (χ1n) is 3.46. The minimum atomic E-state index is 0.620. The van der Waals surface area contributed by atoms with Crippen LogP contribution in [-0.4, -0.2) is 9.76 Å². The van der Waals surface area contributed by atoms with Gasteiger partial charge in [-0.1, -0.05) is 0 Å². The minimum Gasteiger partial charge on any atom is -0.544 e. The molecule has 1 aliphatic carbocycles. The van der Waals surface area contributed by atoms with Crippen LogP contribution in [0.25, 0.3) is 0 Å². The molecule has 9 heavy (non-hydrogen) atoms. The van der Waals surface area contributed by atoms with E-state index in [4.69, 9.17) is 4.43 Å². The van der Waals surface area contributed by atoms with Crippen LogP contribution in [0.5, 0.6) is 0 Å². The fourth-order valence-electron chi connectivity index (χ4n) is 1.03. The Morgan fingerprint density at radius 3 is 3.00 bits per heavy atom. The Kier molecular flexibility index (Phi) is 2.84. The van der Waals surface area contributed by atoms with Crippen LogP contribution in [0.3, 0.4) is 0 Å². The van der Waals surface area contributed by atoms with Crippen molar-refractivity contribution in [3.05, 3.63) is 11.8 Å². The number of hydrogen-bond donors (Lipinski definition) is 0. The van der Waals surface area contributed by atoms with Crippen LogP contribution in [-0.2, 0) is 4.43 Å². The second-order valence-electron chi connectivity index (χ2n) is 2.22. The van der Waals surface area contributed by atoms with Crippen molar-refractivity contribution in [1.29, 1.82) is 0 Å². The zero-order valence-corrected chi connectivity index (χ0v) is 6.81. The van der Waals surface area contributed by atoms with Crippen molar-refractivity contribution in [2.45, 2.75) is 32.2 Å². The molecule has 0 aliphatic heterocycles. The van der Waals surface area contributed by atoms with Gasteiger partial charge < -0.3 is 4.43 Å². The lowest BCUT2D eigenvalue weighted by Crippen LogP contribution is -1.98. The Bertz CT molecular complexity index is 109. The summed E-state index contributed by atoms with van der Waals surface area (Å²) in [4.78, 5) is 0. The Morgan fingerprint density at radius 2 is 2.44 bits per heavy atom. The summed E-state index contributed by atoms with van der Waals surface area (Å²) >= 11 is 0.